The van der Waals surface area contributed by atoms with Gasteiger partial charge in [0.05, 0.1) is 28.9 Å². The van der Waals surface area contributed by atoms with Gasteiger partial charge in [0, 0.05) is 17.6 Å². The molecule has 1 N–H and O–H groups in total. The molecule has 0 aliphatic rings. The van der Waals surface area contributed by atoms with Crippen molar-refractivity contribution >= 4 is 22.9 Å². The number of anilines is 1. The molecular weight excluding hydrogens is 284 g/mol. The van der Waals surface area contributed by atoms with Crippen molar-refractivity contribution in [3.05, 3.63) is 46.4 Å². The van der Waals surface area contributed by atoms with Crippen LogP contribution in [0.1, 0.15) is 18.2 Å². The van der Waals surface area contributed by atoms with Crippen molar-refractivity contribution < 1.29 is 4.79 Å². The fourth-order valence-electron chi connectivity index (χ4n) is 1.82. The Hall–Kier alpha value is -2.23. The molecule has 1 unspecified atom stereocenters. The first kappa shape index (κ1) is 15.2. The maximum absolute atomic E-state index is 12.2. The number of hydrogen-bond donors (Lipinski definition) is 1. The molecule has 5 nitrogen and oxygen atoms in total. The van der Waals surface area contributed by atoms with Crippen LogP contribution < -0.4 is 5.32 Å². The Balaban J connectivity index is 1.97. The SMILES string of the molecule is CC(C(=O)Nc1cccc(C#N)c1)N(C)Cc1cscn1. The lowest BCUT2D eigenvalue weighted by molar-refractivity contribution is -0.120. The van der Waals surface area contributed by atoms with E-state index in [2.05, 4.69) is 16.4 Å². The van der Waals surface area contributed by atoms with Crippen LogP contribution in [0.4, 0.5) is 5.69 Å². The van der Waals surface area contributed by atoms with Crippen molar-refractivity contribution in [3.63, 3.8) is 0 Å². The molecule has 6 heteroatoms. The summed E-state index contributed by atoms with van der Waals surface area (Å²) in [4.78, 5) is 18.4. The first-order chi connectivity index (χ1) is 10.1. The summed E-state index contributed by atoms with van der Waals surface area (Å²) in [7, 11) is 1.88. The lowest BCUT2D eigenvalue weighted by atomic mass is 10.2. The van der Waals surface area contributed by atoms with Gasteiger partial charge in [0.2, 0.25) is 5.91 Å². The minimum atomic E-state index is -0.294. The van der Waals surface area contributed by atoms with Crippen molar-refractivity contribution in [1.82, 2.24) is 9.88 Å². The average molecular weight is 300 g/mol. The topological polar surface area (TPSA) is 69.0 Å². The number of thiazole rings is 1. The second-order valence-corrected chi connectivity index (χ2v) is 5.47. The summed E-state index contributed by atoms with van der Waals surface area (Å²) >= 11 is 1.54. The highest BCUT2D eigenvalue weighted by molar-refractivity contribution is 7.07. The van der Waals surface area contributed by atoms with Crippen LogP contribution in [0, 0.1) is 11.3 Å². The number of nitrogens with zero attached hydrogens (tertiary/aromatic N) is 3. The minimum Gasteiger partial charge on any atom is -0.325 e. The van der Waals surface area contributed by atoms with E-state index in [9.17, 15) is 4.79 Å². The normalized spacial score (nSPS) is 11.9. The molecule has 1 aromatic carbocycles. The second-order valence-electron chi connectivity index (χ2n) is 4.75. The van der Waals surface area contributed by atoms with E-state index in [0.717, 1.165) is 5.69 Å². The van der Waals surface area contributed by atoms with E-state index in [1.165, 1.54) is 11.3 Å². The molecule has 21 heavy (non-hydrogen) atoms. The number of rotatable bonds is 5. The molecule has 1 aromatic heterocycles. The van der Waals surface area contributed by atoms with Crippen LogP contribution in [0.25, 0.3) is 0 Å². The Morgan fingerprint density at radius 2 is 2.38 bits per heavy atom. The van der Waals surface area contributed by atoms with E-state index in [0.29, 0.717) is 17.8 Å². The number of likely N-dealkylation sites (N-methyl/N-ethyl adjacent to an activating group) is 1. The van der Waals surface area contributed by atoms with E-state index >= 15 is 0 Å². The molecule has 0 saturated heterocycles. The van der Waals surface area contributed by atoms with E-state index < -0.39 is 0 Å². The molecule has 0 aliphatic carbocycles. The minimum absolute atomic E-state index is 0.109. The van der Waals surface area contributed by atoms with Gasteiger partial charge < -0.3 is 5.32 Å². The Bertz CT molecular complexity index is 648. The molecule has 2 aromatic rings. The van der Waals surface area contributed by atoms with E-state index in [1.807, 2.05) is 24.3 Å². The summed E-state index contributed by atoms with van der Waals surface area (Å²) in [5, 5.41) is 13.7. The Kier molecular flexibility index (Phi) is 5.04. The van der Waals surface area contributed by atoms with E-state index in [-0.39, 0.29) is 11.9 Å². The summed E-state index contributed by atoms with van der Waals surface area (Å²) in [6.07, 6.45) is 0. The van der Waals surface area contributed by atoms with Crippen LogP contribution in [0.2, 0.25) is 0 Å². The molecule has 1 atom stereocenters. The van der Waals surface area contributed by atoms with Gasteiger partial charge in [-0.15, -0.1) is 11.3 Å². The van der Waals surface area contributed by atoms with Gasteiger partial charge in [0.15, 0.2) is 0 Å². The summed E-state index contributed by atoms with van der Waals surface area (Å²) in [6, 6.07) is 8.64. The first-order valence-electron chi connectivity index (χ1n) is 6.48. The van der Waals surface area contributed by atoms with Crippen LogP contribution in [-0.2, 0) is 11.3 Å². The third-order valence-corrected chi connectivity index (χ3v) is 3.83. The largest absolute Gasteiger partial charge is 0.325 e. The number of carbonyl (C=O) groups excluding carboxylic acids is 1. The van der Waals surface area contributed by atoms with Gasteiger partial charge in [-0.1, -0.05) is 6.07 Å². The molecule has 0 radical (unpaired) electrons. The predicted octanol–water partition coefficient (Wildman–Crippen LogP) is 2.47. The highest BCUT2D eigenvalue weighted by Gasteiger charge is 2.18. The van der Waals surface area contributed by atoms with Gasteiger partial charge in [-0.05, 0) is 32.2 Å². The monoisotopic (exact) mass is 300 g/mol. The Morgan fingerprint density at radius 1 is 1.57 bits per heavy atom. The smallest absolute Gasteiger partial charge is 0.241 e. The van der Waals surface area contributed by atoms with Gasteiger partial charge in [-0.2, -0.15) is 5.26 Å². The number of carbonyl (C=O) groups is 1. The van der Waals surface area contributed by atoms with Crippen molar-refractivity contribution in [2.24, 2.45) is 0 Å². The number of nitriles is 1. The summed E-state index contributed by atoms with van der Waals surface area (Å²) < 4.78 is 0. The zero-order valence-corrected chi connectivity index (χ0v) is 12.7. The molecule has 108 valence electrons. The summed E-state index contributed by atoms with van der Waals surface area (Å²) in [5.74, 6) is -0.109. The first-order valence-corrected chi connectivity index (χ1v) is 7.43. The zero-order valence-electron chi connectivity index (χ0n) is 11.9. The van der Waals surface area contributed by atoms with Crippen LogP contribution >= 0.6 is 11.3 Å². The fraction of sp³-hybridized carbons (Fsp3) is 0.267. The van der Waals surface area contributed by atoms with Gasteiger partial charge >= 0.3 is 0 Å². The number of aromatic nitrogens is 1. The Labute approximate surface area is 127 Å². The van der Waals surface area contributed by atoms with Crippen LogP contribution in [0.3, 0.4) is 0 Å². The Morgan fingerprint density at radius 3 is 3.05 bits per heavy atom. The molecular formula is C15H16N4OS. The standard InChI is InChI=1S/C15H16N4OS/c1-11(19(2)8-14-9-21-10-17-14)15(20)18-13-5-3-4-12(6-13)7-16/h3-6,9-11H,8H2,1-2H3,(H,18,20). The van der Waals surface area contributed by atoms with Crippen LogP contribution in [-0.4, -0.2) is 28.9 Å². The molecule has 0 fully saturated rings. The van der Waals surface area contributed by atoms with Gasteiger partial charge in [0.1, 0.15) is 0 Å². The molecule has 0 bridgehead atoms. The second kappa shape index (κ2) is 6.97. The number of nitrogens with one attached hydrogen (secondary N) is 1. The van der Waals surface area contributed by atoms with Crippen molar-refractivity contribution in [3.8, 4) is 6.07 Å². The molecule has 1 amide bonds. The van der Waals surface area contributed by atoms with Crippen molar-refractivity contribution in [1.29, 1.82) is 5.26 Å². The molecule has 0 aliphatic heterocycles. The zero-order chi connectivity index (χ0) is 15.2. The maximum Gasteiger partial charge on any atom is 0.241 e. The molecule has 2 rings (SSSR count). The van der Waals surface area contributed by atoms with Crippen molar-refractivity contribution in [2.45, 2.75) is 19.5 Å². The average Bonchev–Trinajstić information content (AvgIpc) is 2.99. The third-order valence-electron chi connectivity index (χ3n) is 3.19. The third kappa shape index (κ3) is 4.12. The summed E-state index contributed by atoms with van der Waals surface area (Å²) in [5.41, 5.74) is 3.89. The number of hydrogen-bond acceptors (Lipinski definition) is 5. The number of amides is 1. The van der Waals surface area contributed by atoms with Crippen LogP contribution in [0.5, 0.6) is 0 Å². The number of benzene rings is 1. The highest BCUT2D eigenvalue weighted by Crippen LogP contribution is 2.12. The molecule has 0 saturated carbocycles. The van der Waals surface area contributed by atoms with Crippen LogP contribution in [0.15, 0.2) is 35.2 Å². The maximum atomic E-state index is 12.2. The van der Waals surface area contributed by atoms with Gasteiger partial charge in [-0.25, -0.2) is 4.98 Å². The van der Waals surface area contributed by atoms with Crippen molar-refractivity contribution in [2.75, 3.05) is 12.4 Å². The highest BCUT2D eigenvalue weighted by atomic mass is 32.1. The quantitative estimate of drug-likeness (QED) is 0.921. The van der Waals surface area contributed by atoms with Gasteiger partial charge in [-0.3, -0.25) is 9.69 Å². The predicted molar refractivity (Wildman–Crippen MR) is 82.8 cm³/mol. The lowest BCUT2D eigenvalue weighted by Gasteiger charge is -2.23. The van der Waals surface area contributed by atoms with Gasteiger partial charge in [0.25, 0.3) is 0 Å². The molecule has 1 heterocycles. The summed E-state index contributed by atoms with van der Waals surface area (Å²) in [6.45, 7) is 2.46. The fourth-order valence-corrected chi connectivity index (χ4v) is 2.37. The van der Waals surface area contributed by atoms with E-state index in [1.54, 1.807) is 29.8 Å². The lowest BCUT2D eigenvalue weighted by Crippen LogP contribution is -2.39. The van der Waals surface area contributed by atoms with E-state index in [4.69, 9.17) is 5.26 Å². The molecule has 0 spiro atoms.